The molecule has 2 aliphatic rings. The predicted octanol–water partition coefficient (Wildman–Crippen LogP) is 6.43. The number of hydrogen-bond acceptors (Lipinski definition) is 9. The van der Waals surface area contributed by atoms with Crippen LogP contribution in [0, 0.1) is 0 Å². The monoisotopic (exact) mass is 587 g/mol. The van der Waals surface area contributed by atoms with E-state index >= 15 is 0 Å². The van der Waals surface area contributed by atoms with Crippen LogP contribution in [0.3, 0.4) is 0 Å². The molecule has 1 aliphatic heterocycles. The molecule has 0 amide bonds. The summed E-state index contributed by atoms with van der Waals surface area (Å²) >= 11 is 6.38. The second-order valence-electron chi connectivity index (χ2n) is 11.0. The molecule has 7 rings (SSSR count). The molecule has 0 unspecified atom stereocenters. The third-order valence-corrected chi connectivity index (χ3v) is 8.42. The molecule has 10 nitrogen and oxygen atoms in total. The van der Waals surface area contributed by atoms with Gasteiger partial charge in [0, 0.05) is 54.2 Å². The lowest BCUT2D eigenvalue weighted by Gasteiger charge is -2.26. The van der Waals surface area contributed by atoms with Crippen molar-refractivity contribution in [2.45, 2.75) is 38.1 Å². The van der Waals surface area contributed by atoms with Crippen LogP contribution in [0.5, 0.6) is 5.75 Å². The van der Waals surface area contributed by atoms with E-state index in [1.54, 1.807) is 18.5 Å². The fraction of sp³-hybridized carbons (Fsp3) is 0.387. The van der Waals surface area contributed by atoms with E-state index in [0.29, 0.717) is 46.4 Å². The summed E-state index contributed by atoms with van der Waals surface area (Å²) in [6.07, 6.45) is 9.43. The molecule has 5 aromatic rings. The van der Waals surface area contributed by atoms with Gasteiger partial charge < -0.3 is 29.5 Å². The van der Waals surface area contributed by atoms with Gasteiger partial charge in [-0.3, -0.25) is 4.90 Å². The van der Waals surface area contributed by atoms with Crippen LogP contribution in [0.4, 0.5) is 17.5 Å². The van der Waals surface area contributed by atoms with Gasteiger partial charge >= 0.3 is 0 Å². The Balaban J connectivity index is 1.08. The predicted molar refractivity (Wildman–Crippen MR) is 165 cm³/mol. The Hall–Kier alpha value is -3.86. The van der Waals surface area contributed by atoms with E-state index in [-0.39, 0.29) is 0 Å². The number of benzene rings is 2. The van der Waals surface area contributed by atoms with Gasteiger partial charge in [-0.05, 0) is 43.0 Å². The molecule has 1 saturated carbocycles. The first-order valence-corrected chi connectivity index (χ1v) is 15.0. The summed E-state index contributed by atoms with van der Waals surface area (Å²) in [5.41, 5.74) is 11.4. The average Bonchev–Trinajstić information content (AvgIpc) is 3.75. The highest BCUT2D eigenvalue weighted by Crippen LogP contribution is 2.39. The number of nitrogens with two attached hydrogens (primary N) is 1. The summed E-state index contributed by atoms with van der Waals surface area (Å²) in [6.45, 7) is 5.04. The van der Waals surface area contributed by atoms with Crippen LogP contribution in [0.2, 0.25) is 5.02 Å². The third kappa shape index (κ3) is 5.49. The minimum absolute atomic E-state index is 0.369. The normalized spacial score (nSPS) is 16.5. The number of halogens is 1. The van der Waals surface area contributed by atoms with Crippen LogP contribution < -0.4 is 15.8 Å². The summed E-state index contributed by atoms with van der Waals surface area (Å²) in [5.74, 6) is 1.09. The highest BCUT2D eigenvalue weighted by molar-refractivity contribution is 6.31. The Morgan fingerprint density at radius 1 is 1.07 bits per heavy atom. The van der Waals surface area contributed by atoms with Gasteiger partial charge in [0.25, 0.3) is 6.01 Å². The second kappa shape index (κ2) is 11.8. The number of aromatic nitrogens is 4. The molecule has 1 aliphatic carbocycles. The van der Waals surface area contributed by atoms with Crippen molar-refractivity contribution in [2.24, 2.45) is 0 Å². The Bertz CT molecular complexity index is 1690. The van der Waals surface area contributed by atoms with Crippen LogP contribution in [0.25, 0.3) is 33.3 Å². The smallest absolute Gasteiger partial charge is 0.300 e. The molecule has 0 bridgehead atoms. The lowest BCUT2D eigenvalue weighted by Crippen LogP contribution is -2.37. The molecule has 1 saturated heterocycles. The number of hydrogen-bond donors (Lipinski definition) is 2. The maximum absolute atomic E-state index is 6.38. The summed E-state index contributed by atoms with van der Waals surface area (Å²) in [5, 5.41) is 4.73. The van der Waals surface area contributed by atoms with Gasteiger partial charge in [-0.15, -0.1) is 0 Å². The number of nitrogen functional groups attached to an aromatic ring is 1. The van der Waals surface area contributed by atoms with Gasteiger partial charge in [-0.25, -0.2) is 9.97 Å². The highest BCUT2D eigenvalue weighted by atomic mass is 35.5. The topological polar surface area (TPSA) is 116 Å². The molecule has 11 heteroatoms. The summed E-state index contributed by atoms with van der Waals surface area (Å²) in [4.78, 5) is 15.9. The average molecular weight is 588 g/mol. The van der Waals surface area contributed by atoms with Crippen molar-refractivity contribution in [1.29, 1.82) is 0 Å². The van der Waals surface area contributed by atoms with E-state index in [4.69, 9.17) is 31.2 Å². The zero-order chi connectivity index (χ0) is 28.5. The minimum Gasteiger partial charge on any atom is -0.489 e. The maximum Gasteiger partial charge on any atom is 0.300 e. The molecule has 218 valence electrons. The zero-order valence-corrected chi connectivity index (χ0v) is 24.1. The van der Waals surface area contributed by atoms with Crippen molar-refractivity contribution in [3.05, 3.63) is 53.9 Å². The van der Waals surface area contributed by atoms with Gasteiger partial charge in [0.2, 0.25) is 0 Å². The fourth-order valence-electron chi connectivity index (χ4n) is 6.07. The Morgan fingerprint density at radius 2 is 1.88 bits per heavy atom. The van der Waals surface area contributed by atoms with Crippen LogP contribution in [-0.2, 0) is 4.74 Å². The molecule has 0 radical (unpaired) electrons. The molecule has 3 aromatic heterocycles. The highest BCUT2D eigenvalue weighted by Gasteiger charge is 2.23. The standard InChI is InChI=1S/C31H34ClN7O3/c32-21-16-25-28(26(17-21)41-13-3-10-38-11-14-40-15-12-38)42-31(37-25)36-22-8-6-20(7-9-22)24-18-39(23-4-1-2-5-23)30-27(24)29(33)34-19-35-30/h6-9,16-19,23H,1-5,10-15H2,(H,36,37)(H2,33,34,35). The first-order valence-electron chi connectivity index (χ1n) is 14.6. The molecular weight excluding hydrogens is 554 g/mol. The van der Waals surface area contributed by atoms with Gasteiger partial charge in [0.1, 0.15) is 23.3 Å². The molecule has 0 atom stereocenters. The van der Waals surface area contributed by atoms with E-state index in [1.807, 2.05) is 12.1 Å². The van der Waals surface area contributed by atoms with Crippen LogP contribution >= 0.6 is 11.6 Å². The lowest BCUT2D eigenvalue weighted by molar-refractivity contribution is 0.0358. The largest absolute Gasteiger partial charge is 0.489 e. The third-order valence-electron chi connectivity index (χ3n) is 8.20. The quantitative estimate of drug-likeness (QED) is 0.188. The molecule has 3 N–H and O–H groups in total. The number of fused-ring (bicyclic) bond motifs is 2. The first kappa shape index (κ1) is 27.0. The van der Waals surface area contributed by atoms with Crippen LogP contribution in [0.15, 0.2) is 53.3 Å². The van der Waals surface area contributed by atoms with Crippen molar-refractivity contribution in [3.63, 3.8) is 0 Å². The van der Waals surface area contributed by atoms with Gasteiger partial charge in [-0.2, -0.15) is 4.98 Å². The maximum atomic E-state index is 6.38. The van der Waals surface area contributed by atoms with E-state index in [0.717, 1.165) is 80.0 Å². The van der Waals surface area contributed by atoms with Crippen LogP contribution in [-0.4, -0.2) is 63.9 Å². The number of nitrogens with one attached hydrogen (secondary N) is 1. The zero-order valence-electron chi connectivity index (χ0n) is 23.4. The molecule has 0 spiro atoms. The Morgan fingerprint density at radius 3 is 2.69 bits per heavy atom. The lowest BCUT2D eigenvalue weighted by atomic mass is 10.1. The van der Waals surface area contributed by atoms with Crippen molar-refractivity contribution in [1.82, 2.24) is 24.4 Å². The minimum atomic E-state index is 0.369. The van der Waals surface area contributed by atoms with E-state index in [9.17, 15) is 0 Å². The summed E-state index contributed by atoms with van der Waals surface area (Å²) in [6, 6.07) is 12.5. The number of anilines is 3. The number of oxazole rings is 1. The van der Waals surface area contributed by atoms with Crippen molar-refractivity contribution in [3.8, 4) is 16.9 Å². The molecule has 4 heterocycles. The number of nitrogens with zero attached hydrogens (tertiary/aromatic N) is 5. The second-order valence-corrected chi connectivity index (χ2v) is 11.4. The first-order chi connectivity index (χ1) is 20.6. The molecule has 2 fully saturated rings. The summed E-state index contributed by atoms with van der Waals surface area (Å²) < 4.78 is 19.9. The number of ether oxygens (including phenoxy) is 2. The fourth-order valence-corrected chi connectivity index (χ4v) is 6.27. The van der Waals surface area contributed by atoms with Crippen molar-refractivity contribution >= 4 is 51.3 Å². The Kier molecular flexibility index (Phi) is 7.58. The SMILES string of the molecule is Nc1ncnc2c1c(-c1ccc(Nc3nc4cc(Cl)cc(OCCCN5CCOCC5)c4o3)cc1)cn2C1CCCC1. The van der Waals surface area contributed by atoms with E-state index < -0.39 is 0 Å². The Labute approximate surface area is 248 Å². The van der Waals surface area contributed by atoms with Crippen molar-refractivity contribution in [2.75, 3.05) is 50.5 Å². The van der Waals surface area contributed by atoms with Gasteiger partial charge in [0.05, 0.1) is 25.2 Å². The molecule has 42 heavy (non-hydrogen) atoms. The van der Waals surface area contributed by atoms with Crippen molar-refractivity contribution < 1.29 is 13.9 Å². The molecular formula is C31H34ClN7O3. The number of morpholine rings is 1. The van der Waals surface area contributed by atoms with E-state index in [2.05, 4.69) is 48.1 Å². The van der Waals surface area contributed by atoms with Gasteiger partial charge in [0.15, 0.2) is 11.3 Å². The summed E-state index contributed by atoms with van der Waals surface area (Å²) in [7, 11) is 0. The molecule has 2 aromatic carbocycles. The van der Waals surface area contributed by atoms with Crippen LogP contribution in [0.1, 0.15) is 38.1 Å². The van der Waals surface area contributed by atoms with Gasteiger partial charge in [-0.1, -0.05) is 36.6 Å². The number of rotatable bonds is 9. The van der Waals surface area contributed by atoms with E-state index in [1.165, 1.54) is 12.8 Å².